The number of benzene rings is 1. The normalized spacial score (nSPS) is 23.0. The van der Waals surface area contributed by atoms with E-state index >= 15 is 0 Å². The number of carbonyl (C=O) groups is 1. The molecule has 1 aliphatic carbocycles. The van der Waals surface area contributed by atoms with E-state index in [2.05, 4.69) is 26.1 Å². The van der Waals surface area contributed by atoms with Crippen molar-refractivity contribution in [2.24, 2.45) is 0 Å². The number of likely N-dealkylation sites (tertiary alicyclic amines) is 1. The van der Waals surface area contributed by atoms with Crippen LogP contribution in [-0.2, 0) is 0 Å². The predicted molar refractivity (Wildman–Crippen MR) is 83.8 cm³/mol. The third-order valence-electron chi connectivity index (χ3n) is 4.28. The molecule has 0 spiro atoms. The summed E-state index contributed by atoms with van der Waals surface area (Å²) in [6.45, 7) is 3.98. The van der Waals surface area contributed by atoms with Gasteiger partial charge in [-0.05, 0) is 43.9 Å². The van der Waals surface area contributed by atoms with E-state index in [0.717, 1.165) is 35.6 Å². The lowest BCUT2D eigenvalue weighted by atomic mass is 10.1. The summed E-state index contributed by atoms with van der Waals surface area (Å²) in [5.41, 5.74) is 8.09. The second-order valence-corrected chi connectivity index (χ2v) is 6.77. The van der Waals surface area contributed by atoms with Crippen LogP contribution in [0, 0.1) is 6.92 Å². The minimum absolute atomic E-state index is 0.0156. The number of hydrogen-bond acceptors (Lipinski definition) is 3. The van der Waals surface area contributed by atoms with Gasteiger partial charge in [0.2, 0.25) is 0 Å². The zero-order chi connectivity index (χ0) is 14.3. The number of nitrogen functional groups attached to an aromatic ring is 1. The number of nitrogens with one attached hydrogen (secondary N) is 1. The van der Waals surface area contributed by atoms with Gasteiger partial charge in [0.1, 0.15) is 0 Å². The molecule has 1 aliphatic heterocycles. The van der Waals surface area contributed by atoms with Crippen LogP contribution in [0.25, 0.3) is 0 Å². The SMILES string of the molecule is Cc1c(N)cc(Br)cc1C(=O)NC1CCN(C2CC2)C1. The Morgan fingerprint density at radius 1 is 1.40 bits per heavy atom. The smallest absolute Gasteiger partial charge is 0.251 e. The Balaban J connectivity index is 1.67. The molecule has 20 heavy (non-hydrogen) atoms. The van der Waals surface area contributed by atoms with E-state index in [4.69, 9.17) is 5.73 Å². The van der Waals surface area contributed by atoms with Gasteiger partial charge < -0.3 is 11.1 Å². The fraction of sp³-hybridized carbons (Fsp3) is 0.533. The largest absolute Gasteiger partial charge is 0.398 e. The van der Waals surface area contributed by atoms with Gasteiger partial charge in [-0.2, -0.15) is 0 Å². The van der Waals surface area contributed by atoms with Crippen molar-refractivity contribution in [2.45, 2.75) is 38.3 Å². The summed E-state index contributed by atoms with van der Waals surface area (Å²) in [5, 5.41) is 3.15. The molecule has 1 heterocycles. The van der Waals surface area contributed by atoms with Gasteiger partial charge >= 0.3 is 0 Å². The molecule has 5 heteroatoms. The van der Waals surface area contributed by atoms with Crippen LogP contribution in [-0.4, -0.2) is 36.0 Å². The molecule has 1 amide bonds. The van der Waals surface area contributed by atoms with Crippen molar-refractivity contribution in [3.8, 4) is 0 Å². The standard InChI is InChI=1S/C15H20BrN3O/c1-9-13(6-10(16)7-14(9)17)15(20)18-11-4-5-19(8-11)12-2-3-12/h6-7,11-12H,2-5,8,17H2,1H3,(H,18,20). The van der Waals surface area contributed by atoms with Gasteiger partial charge in [0.25, 0.3) is 5.91 Å². The molecule has 0 radical (unpaired) electrons. The molecule has 0 bridgehead atoms. The number of anilines is 1. The number of halogens is 1. The molecule has 1 atom stereocenters. The van der Waals surface area contributed by atoms with Crippen molar-refractivity contribution in [3.63, 3.8) is 0 Å². The Morgan fingerprint density at radius 2 is 2.15 bits per heavy atom. The first-order valence-electron chi connectivity index (χ1n) is 7.15. The lowest BCUT2D eigenvalue weighted by molar-refractivity contribution is 0.0937. The Hall–Kier alpha value is -1.07. The molecule has 0 aromatic heterocycles. The van der Waals surface area contributed by atoms with Gasteiger partial charge in [0.15, 0.2) is 0 Å². The minimum Gasteiger partial charge on any atom is -0.398 e. The van der Waals surface area contributed by atoms with Gasteiger partial charge in [-0.1, -0.05) is 15.9 Å². The summed E-state index contributed by atoms with van der Waals surface area (Å²) in [6.07, 6.45) is 3.69. The van der Waals surface area contributed by atoms with Crippen molar-refractivity contribution in [2.75, 3.05) is 18.8 Å². The Kier molecular flexibility index (Phi) is 3.73. The van der Waals surface area contributed by atoms with Gasteiger partial charge in [-0.15, -0.1) is 0 Å². The van der Waals surface area contributed by atoms with Crippen LogP contribution in [0.2, 0.25) is 0 Å². The fourth-order valence-corrected chi connectivity index (χ4v) is 3.35. The average Bonchev–Trinajstić information content (AvgIpc) is 3.15. The first kappa shape index (κ1) is 13.9. The highest BCUT2D eigenvalue weighted by atomic mass is 79.9. The van der Waals surface area contributed by atoms with Crippen LogP contribution in [0.5, 0.6) is 0 Å². The van der Waals surface area contributed by atoms with Gasteiger partial charge in [0, 0.05) is 40.9 Å². The highest BCUT2D eigenvalue weighted by Gasteiger charge is 2.34. The van der Waals surface area contributed by atoms with Crippen molar-refractivity contribution in [1.82, 2.24) is 10.2 Å². The first-order valence-corrected chi connectivity index (χ1v) is 7.94. The van der Waals surface area contributed by atoms with E-state index in [9.17, 15) is 4.79 Å². The highest BCUT2D eigenvalue weighted by Crippen LogP contribution is 2.30. The predicted octanol–water partition coefficient (Wildman–Crippen LogP) is 2.31. The molecule has 4 nitrogen and oxygen atoms in total. The zero-order valence-corrected chi connectivity index (χ0v) is 13.2. The molecule has 1 unspecified atom stereocenters. The lowest BCUT2D eigenvalue weighted by Crippen LogP contribution is -2.37. The van der Waals surface area contributed by atoms with Gasteiger partial charge in [-0.3, -0.25) is 9.69 Å². The first-order chi connectivity index (χ1) is 9.54. The molecule has 2 aliphatic rings. The Morgan fingerprint density at radius 3 is 2.85 bits per heavy atom. The van der Waals surface area contributed by atoms with Gasteiger partial charge in [0.05, 0.1) is 0 Å². The van der Waals surface area contributed by atoms with Gasteiger partial charge in [-0.25, -0.2) is 0 Å². The second kappa shape index (κ2) is 5.37. The summed E-state index contributed by atoms with van der Waals surface area (Å²) in [4.78, 5) is 14.9. The Labute approximate surface area is 127 Å². The molecule has 1 saturated heterocycles. The highest BCUT2D eigenvalue weighted by molar-refractivity contribution is 9.10. The number of nitrogens with zero attached hydrogens (tertiary/aromatic N) is 1. The minimum atomic E-state index is -0.0156. The summed E-state index contributed by atoms with van der Waals surface area (Å²) < 4.78 is 0.844. The van der Waals surface area contributed by atoms with Crippen molar-refractivity contribution < 1.29 is 4.79 Å². The third-order valence-corrected chi connectivity index (χ3v) is 4.73. The van der Waals surface area contributed by atoms with Crippen LogP contribution >= 0.6 is 15.9 Å². The van der Waals surface area contributed by atoms with E-state index < -0.39 is 0 Å². The topological polar surface area (TPSA) is 58.4 Å². The zero-order valence-electron chi connectivity index (χ0n) is 11.7. The van der Waals surface area contributed by atoms with Crippen LogP contribution in [0.3, 0.4) is 0 Å². The number of rotatable bonds is 3. The number of hydrogen-bond donors (Lipinski definition) is 2. The number of carbonyl (C=O) groups excluding carboxylic acids is 1. The van der Waals surface area contributed by atoms with Crippen LogP contribution < -0.4 is 11.1 Å². The maximum atomic E-state index is 12.4. The van der Waals surface area contributed by atoms with E-state index in [-0.39, 0.29) is 11.9 Å². The molecule has 2 fully saturated rings. The summed E-state index contributed by atoms with van der Waals surface area (Å²) >= 11 is 3.40. The molecule has 1 aromatic carbocycles. The van der Waals surface area contributed by atoms with Crippen molar-refractivity contribution in [3.05, 3.63) is 27.7 Å². The molecule has 108 valence electrons. The molecule has 3 rings (SSSR count). The van der Waals surface area contributed by atoms with E-state index in [1.165, 1.54) is 12.8 Å². The average molecular weight is 338 g/mol. The maximum Gasteiger partial charge on any atom is 0.251 e. The van der Waals surface area contributed by atoms with E-state index in [1.807, 2.05) is 19.1 Å². The molecular weight excluding hydrogens is 318 g/mol. The van der Waals surface area contributed by atoms with Crippen LogP contribution in [0.15, 0.2) is 16.6 Å². The molecule has 1 aromatic rings. The summed E-state index contributed by atoms with van der Waals surface area (Å²) in [6, 6.07) is 4.72. The second-order valence-electron chi connectivity index (χ2n) is 5.85. The molecule has 3 N–H and O–H groups in total. The van der Waals surface area contributed by atoms with Crippen LogP contribution in [0.4, 0.5) is 5.69 Å². The van der Waals surface area contributed by atoms with Crippen LogP contribution in [0.1, 0.15) is 35.2 Å². The number of amides is 1. The van der Waals surface area contributed by atoms with Crippen molar-refractivity contribution >= 4 is 27.5 Å². The summed E-state index contributed by atoms with van der Waals surface area (Å²) in [7, 11) is 0. The maximum absolute atomic E-state index is 12.4. The number of nitrogens with two attached hydrogens (primary N) is 1. The fourth-order valence-electron chi connectivity index (χ4n) is 2.88. The molecular formula is C15H20BrN3O. The van der Waals surface area contributed by atoms with E-state index in [1.54, 1.807) is 0 Å². The lowest BCUT2D eigenvalue weighted by Gasteiger charge is -2.17. The quantitative estimate of drug-likeness (QED) is 0.832. The monoisotopic (exact) mass is 337 g/mol. The Bertz CT molecular complexity index is 542. The molecule has 1 saturated carbocycles. The summed E-state index contributed by atoms with van der Waals surface area (Å²) in [5.74, 6) is -0.0156. The van der Waals surface area contributed by atoms with E-state index in [0.29, 0.717) is 11.3 Å². The van der Waals surface area contributed by atoms with Crippen molar-refractivity contribution in [1.29, 1.82) is 0 Å². The third kappa shape index (κ3) is 2.83.